The van der Waals surface area contributed by atoms with Crippen LogP contribution in [0.1, 0.15) is 19.8 Å². The summed E-state index contributed by atoms with van der Waals surface area (Å²) in [6.07, 6.45) is 2.51. The molecule has 3 nitrogen and oxygen atoms in total. The van der Waals surface area contributed by atoms with Crippen LogP contribution in [0.3, 0.4) is 0 Å². The van der Waals surface area contributed by atoms with E-state index in [9.17, 15) is 4.39 Å². The Hall–Kier alpha value is -0.870. The Bertz CT molecular complexity index is 320. The van der Waals surface area contributed by atoms with E-state index < -0.39 is 5.82 Å². The van der Waals surface area contributed by atoms with Gasteiger partial charge < -0.3 is 10.4 Å². The second-order valence-electron chi connectivity index (χ2n) is 3.40. The molecule has 0 saturated carbocycles. The van der Waals surface area contributed by atoms with E-state index in [1.54, 1.807) is 6.92 Å². The van der Waals surface area contributed by atoms with Crippen LogP contribution in [0.25, 0.3) is 0 Å². The van der Waals surface area contributed by atoms with Gasteiger partial charge in [-0.05, 0) is 25.8 Å². The van der Waals surface area contributed by atoms with Crippen molar-refractivity contribution in [1.82, 2.24) is 4.98 Å². The highest BCUT2D eigenvalue weighted by molar-refractivity contribution is 6.30. The summed E-state index contributed by atoms with van der Waals surface area (Å²) in [6.45, 7) is 2.30. The molecule has 0 aliphatic heterocycles. The topological polar surface area (TPSA) is 45.1 Å². The van der Waals surface area contributed by atoms with E-state index in [0.717, 1.165) is 6.42 Å². The monoisotopic (exact) mass is 232 g/mol. The van der Waals surface area contributed by atoms with Gasteiger partial charge in [-0.3, -0.25) is 0 Å². The third-order valence-electron chi connectivity index (χ3n) is 1.90. The molecule has 5 heteroatoms. The average molecular weight is 233 g/mol. The first-order chi connectivity index (χ1) is 7.09. The Balaban J connectivity index is 2.37. The molecule has 84 valence electrons. The van der Waals surface area contributed by atoms with Crippen molar-refractivity contribution in [1.29, 1.82) is 0 Å². The molecule has 0 radical (unpaired) electrons. The number of halogens is 2. The van der Waals surface area contributed by atoms with Gasteiger partial charge in [-0.15, -0.1) is 0 Å². The van der Waals surface area contributed by atoms with Crippen LogP contribution >= 0.6 is 11.6 Å². The van der Waals surface area contributed by atoms with Crippen LogP contribution < -0.4 is 5.32 Å². The summed E-state index contributed by atoms with van der Waals surface area (Å²) in [5, 5.41) is 12.1. The van der Waals surface area contributed by atoms with Gasteiger partial charge in [0.05, 0.1) is 11.1 Å². The predicted octanol–water partition coefficient (Wildman–Crippen LogP) is 2.45. The van der Waals surface area contributed by atoms with E-state index in [2.05, 4.69) is 10.3 Å². The molecule has 0 bridgehead atoms. The highest BCUT2D eigenvalue weighted by Crippen LogP contribution is 2.15. The highest BCUT2D eigenvalue weighted by Gasteiger charge is 2.03. The number of anilines is 1. The zero-order valence-electron chi connectivity index (χ0n) is 8.50. The van der Waals surface area contributed by atoms with Gasteiger partial charge in [0.15, 0.2) is 11.6 Å². The molecule has 0 aliphatic rings. The number of hydrogen-bond donors (Lipinski definition) is 2. The molecule has 0 saturated heterocycles. The zero-order chi connectivity index (χ0) is 11.3. The van der Waals surface area contributed by atoms with Crippen LogP contribution in [0, 0.1) is 5.82 Å². The molecule has 1 atom stereocenters. The van der Waals surface area contributed by atoms with Gasteiger partial charge in [-0.25, -0.2) is 9.37 Å². The number of nitrogens with one attached hydrogen (secondary N) is 1. The number of nitrogens with zero attached hydrogens (tertiary/aromatic N) is 1. The zero-order valence-corrected chi connectivity index (χ0v) is 9.26. The average Bonchev–Trinajstić information content (AvgIpc) is 2.14. The predicted molar refractivity (Wildman–Crippen MR) is 58.6 cm³/mol. The second-order valence-corrected chi connectivity index (χ2v) is 3.84. The van der Waals surface area contributed by atoms with Gasteiger partial charge in [0.25, 0.3) is 0 Å². The lowest BCUT2D eigenvalue weighted by molar-refractivity contribution is 0.183. The van der Waals surface area contributed by atoms with Crippen molar-refractivity contribution in [3.8, 4) is 0 Å². The van der Waals surface area contributed by atoms with Gasteiger partial charge in [-0.1, -0.05) is 11.6 Å². The third-order valence-corrected chi connectivity index (χ3v) is 2.11. The molecule has 1 rings (SSSR count). The first-order valence-corrected chi connectivity index (χ1v) is 5.20. The minimum absolute atomic E-state index is 0.199. The molecule has 1 heterocycles. The standard InChI is InChI=1S/C10H14ClFN2O/c1-7(15)3-2-4-13-10-9(12)5-8(11)6-14-10/h5-7,15H,2-4H2,1H3,(H,13,14). The fourth-order valence-corrected chi connectivity index (χ4v) is 1.29. The maximum absolute atomic E-state index is 13.2. The summed E-state index contributed by atoms with van der Waals surface area (Å²) in [6, 6.07) is 1.21. The largest absolute Gasteiger partial charge is 0.393 e. The third kappa shape index (κ3) is 4.44. The molecule has 0 aromatic carbocycles. The molecular weight excluding hydrogens is 219 g/mol. The maximum Gasteiger partial charge on any atom is 0.166 e. The fraction of sp³-hybridized carbons (Fsp3) is 0.500. The van der Waals surface area contributed by atoms with Gasteiger partial charge in [0, 0.05) is 12.7 Å². The number of pyridine rings is 1. The maximum atomic E-state index is 13.2. The van der Waals surface area contributed by atoms with Crippen molar-refractivity contribution in [2.24, 2.45) is 0 Å². The van der Waals surface area contributed by atoms with E-state index in [-0.39, 0.29) is 16.9 Å². The lowest BCUT2D eigenvalue weighted by atomic mass is 10.2. The first-order valence-electron chi connectivity index (χ1n) is 4.82. The smallest absolute Gasteiger partial charge is 0.166 e. The summed E-state index contributed by atoms with van der Waals surface area (Å²) < 4.78 is 13.2. The van der Waals surface area contributed by atoms with E-state index in [4.69, 9.17) is 16.7 Å². The van der Waals surface area contributed by atoms with Gasteiger partial charge >= 0.3 is 0 Å². The van der Waals surface area contributed by atoms with Crippen LogP contribution in [-0.2, 0) is 0 Å². The van der Waals surface area contributed by atoms with Gasteiger partial charge in [0.2, 0.25) is 0 Å². The van der Waals surface area contributed by atoms with Crippen LogP contribution in [0.2, 0.25) is 5.02 Å². The normalized spacial score (nSPS) is 12.5. The van der Waals surface area contributed by atoms with Gasteiger partial charge in [0.1, 0.15) is 0 Å². The van der Waals surface area contributed by atoms with Crippen molar-refractivity contribution in [3.05, 3.63) is 23.1 Å². The quantitative estimate of drug-likeness (QED) is 0.767. The SMILES string of the molecule is CC(O)CCCNc1ncc(Cl)cc1F. The van der Waals surface area contributed by atoms with Crippen LogP contribution in [-0.4, -0.2) is 22.7 Å². The Morgan fingerprint density at radius 3 is 3.00 bits per heavy atom. The van der Waals surface area contributed by atoms with Crippen LogP contribution in [0.4, 0.5) is 10.2 Å². The van der Waals surface area contributed by atoms with E-state index in [1.807, 2.05) is 0 Å². The summed E-state index contributed by atoms with van der Waals surface area (Å²) >= 11 is 5.56. The van der Waals surface area contributed by atoms with Crippen molar-refractivity contribution in [2.75, 3.05) is 11.9 Å². The Kier molecular flexibility index (Phi) is 4.78. The number of aromatic nitrogens is 1. The van der Waals surface area contributed by atoms with E-state index >= 15 is 0 Å². The lowest BCUT2D eigenvalue weighted by Gasteiger charge is -2.07. The molecule has 15 heavy (non-hydrogen) atoms. The molecule has 0 aliphatic carbocycles. The molecule has 0 spiro atoms. The van der Waals surface area contributed by atoms with E-state index in [0.29, 0.717) is 13.0 Å². The number of aliphatic hydroxyl groups excluding tert-OH is 1. The van der Waals surface area contributed by atoms with E-state index in [1.165, 1.54) is 12.3 Å². The molecule has 0 amide bonds. The molecule has 1 unspecified atom stereocenters. The van der Waals surface area contributed by atoms with Crippen molar-refractivity contribution in [3.63, 3.8) is 0 Å². The molecular formula is C10H14ClFN2O. The van der Waals surface area contributed by atoms with Gasteiger partial charge in [-0.2, -0.15) is 0 Å². The van der Waals surface area contributed by atoms with Crippen molar-refractivity contribution in [2.45, 2.75) is 25.9 Å². The molecule has 1 aromatic rings. The minimum atomic E-state index is -0.459. The number of rotatable bonds is 5. The Labute approximate surface area is 93.3 Å². The van der Waals surface area contributed by atoms with Crippen LogP contribution in [0.15, 0.2) is 12.3 Å². The lowest BCUT2D eigenvalue weighted by Crippen LogP contribution is -2.08. The molecule has 1 aromatic heterocycles. The Morgan fingerprint density at radius 1 is 1.67 bits per heavy atom. The second kappa shape index (κ2) is 5.88. The summed E-state index contributed by atoms with van der Waals surface area (Å²) in [5.74, 6) is -0.260. The van der Waals surface area contributed by atoms with Crippen molar-refractivity contribution >= 4 is 17.4 Å². The highest BCUT2D eigenvalue weighted by atomic mass is 35.5. The summed E-state index contributed by atoms with van der Waals surface area (Å²) in [7, 11) is 0. The summed E-state index contributed by atoms with van der Waals surface area (Å²) in [4.78, 5) is 3.81. The minimum Gasteiger partial charge on any atom is -0.393 e. The Morgan fingerprint density at radius 2 is 2.40 bits per heavy atom. The van der Waals surface area contributed by atoms with Crippen molar-refractivity contribution < 1.29 is 9.50 Å². The fourth-order valence-electron chi connectivity index (χ4n) is 1.15. The van der Waals surface area contributed by atoms with Crippen LogP contribution in [0.5, 0.6) is 0 Å². The molecule has 2 N–H and O–H groups in total. The first kappa shape index (κ1) is 12.2. The summed E-state index contributed by atoms with van der Waals surface area (Å²) in [5.41, 5.74) is 0. The number of hydrogen-bond acceptors (Lipinski definition) is 3. The molecule has 0 fully saturated rings. The number of aliphatic hydroxyl groups is 1.